The zero-order chi connectivity index (χ0) is 22.0. The molecule has 4 rings (SSSR count). The van der Waals surface area contributed by atoms with Gasteiger partial charge in [0.15, 0.2) is 0 Å². The molecule has 0 amide bonds. The Kier molecular flexibility index (Phi) is 6.06. The summed E-state index contributed by atoms with van der Waals surface area (Å²) in [5.41, 5.74) is 0.155. The fourth-order valence-electron chi connectivity index (χ4n) is 3.66. The number of hydrogen-bond acceptors (Lipinski definition) is 8. The first kappa shape index (κ1) is 21.5. The molecule has 31 heavy (non-hydrogen) atoms. The van der Waals surface area contributed by atoms with Crippen molar-refractivity contribution in [2.24, 2.45) is 0 Å². The van der Waals surface area contributed by atoms with E-state index in [2.05, 4.69) is 14.9 Å². The average molecular weight is 445 g/mol. The van der Waals surface area contributed by atoms with Gasteiger partial charge in [0.1, 0.15) is 11.6 Å². The number of ether oxygens (including phenoxy) is 1. The second kappa shape index (κ2) is 8.76. The minimum absolute atomic E-state index is 0.0957. The van der Waals surface area contributed by atoms with Crippen molar-refractivity contribution < 1.29 is 13.2 Å². The number of rotatable bonds is 4. The summed E-state index contributed by atoms with van der Waals surface area (Å²) in [7, 11) is -1.60. The maximum atomic E-state index is 12.8. The van der Waals surface area contributed by atoms with E-state index in [4.69, 9.17) is 4.74 Å². The van der Waals surface area contributed by atoms with Crippen LogP contribution < -0.4 is 10.5 Å². The van der Waals surface area contributed by atoms with Crippen molar-refractivity contribution in [1.82, 2.24) is 19.2 Å². The lowest BCUT2D eigenvalue weighted by Crippen LogP contribution is -2.45. The van der Waals surface area contributed by atoms with Crippen LogP contribution in [-0.2, 0) is 14.8 Å². The van der Waals surface area contributed by atoms with Crippen LogP contribution in [0.4, 0.5) is 5.95 Å². The molecular formula is C20H24N6O4S. The summed E-state index contributed by atoms with van der Waals surface area (Å²) in [6, 6.07) is 8.07. The highest BCUT2D eigenvalue weighted by molar-refractivity contribution is 7.89. The Morgan fingerprint density at radius 3 is 2.32 bits per heavy atom. The molecule has 11 heteroatoms. The summed E-state index contributed by atoms with van der Waals surface area (Å²) in [5, 5.41) is 9.51. The number of sulfonamides is 1. The second-order valence-corrected chi connectivity index (χ2v) is 9.49. The highest BCUT2D eigenvalue weighted by atomic mass is 32.2. The molecule has 10 nitrogen and oxygen atoms in total. The van der Waals surface area contributed by atoms with E-state index in [1.165, 1.54) is 16.4 Å². The van der Waals surface area contributed by atoms with E-state index in [0.29, 0.717) is 50.9 Å². The molecule has 2 aliphatic heterocycles. The topological polar surface area (TPSA) is 123 Å². The van der Waals surface area contributed by atoms with Crippen LogP contribution in [0.15, 0.2) is 34.0 Å². The Balaban J connectivity index is 1.67. The van der Waals surface area contributed by atoms with Gasteiger partial charge >= 0.3 is 0 Å². The number of piperazine rings is 1. The van der Waals surface area contributed by atoms with Gasteiger partial charge in [-0.05, 0) is 19.2 Å². The number of morpholine rings is 1. The number of hydrogen-bond donors (Lipinski definition) is 1. The van der Waals surface area contributed by atoms with Crippen molar-refractivity contribution in [3.63, 3.8) is 0 Å². The third-order valence-corrected chi connectivity index (χ3v) is 7.47. The van der Waals surface area contributed by atoms with Gasteiger partial charge in [-0.2, -0.15) is 9.57 Å². The normalized spacial score (nSPS) is 18.6. The number of H-pyrrole nitrogens is 1. The second-order valence-electron chi connectivity index (χ2n) is 7.56. The summed E-state index contributed by atoms with van der Waals surface area (Å²) in [6.45, 7) is 4.46. The largest absolute Gasteiger partial charge is 0.379 e. The molecule has 0 unspecified atom stereocenters. The highest BCUT2D eigenvalue weighted by Gasteiger charge is 2.26. The van der Waals surface area contributed by atoms with E-state index in [-0.39, 0.29) is 16.2 Å². The number of anilines is 1. The first-order valence-corrected chi connectivity index (χ1v) is 11.5. The van der Waals surface area contributed by atoms with Crippen molar-refractivity contribution in [3.05, 3.63) is 40.2 Å². The summed E-state index contributed by atoms with van der Waals surface area (Å²) in [4.78, 5) is 24.1. The van der Waals surface area contributed by atoms with Crippen LogP contribution in [0.1, 0.15) is 5.56 Å². The van der Waals surface area contributed by atoms with Crippen LogP contribution >= 0.6 is 0 Å². The maximum Gasteiger partial charge on any atom is 0.270 e. The van der Waals surface area contributed by atoms with Crippen LogP contribution in [0.3, 0.4) is 0 Å². The molecule has 0 bridgehead atoms. The van der Waals surface area contributed by atoms with Crippen LogP contribution in [0.2, 0.25) is 0 Å². The minimum Gasteiger partial charge on any atom is -0.379 e. The van der Waals surface area contributed by atoms with E-state index in [1.54, 1.807) is 12.1 Å². The third-order valence-electron chi connectivity index (χ3n) is 5.56. The molecule has 164 valence electrons. The van der Waals surface area contributed by atoms with Crippen molar-refractivity contribution in [1.29, 1.82) is 5.26 Å². The summed E-state index contributed by atoms with van der Waals surface area (Å²) >= 11 is 0. The molecule has 0 spiro atoms. The van der Waals surface area contributed by atoms with Crippen LogP contribution in [0.25, 0.3) is 11.3 Å². The maximum absolute atomic E-state index is 12.8. The molecule has 1 aromatic heterocycles. The predicted molar refractivity (Wildman–Crippen MR) is 114 cm³/mol. The molecular weight excluding hydrogens is 420 g/mol. The van der Waals surface area contributed by atoms with Crippen molar-refractivity contribution in [2.75, 3.05) is 64.4 Å². The number of nitriles is 1. The van der Waals surface area contributed by atoms with E-state index >= 15 is 0 Å². The van der Waals surface area contributed by atoms with Crippen LogP contribution in [0, 0.1) is 11.3 Å². The molecule has 2 fully saturated rings. The fourth-order valence-corrected chi connectivity index (χ4v) is 5.07. The van der Waals surface area contributed by atoms with Gasteiger partial charge in [-0.1, -0.05) is 12.1 Å². The zero-order valence-corrected chi connectivity index (χ0v) is 18.1. The van der Waals surface area contributed by atoms with Gasteiger partial charge in [-0.3, -0.25) is 9.78 Å². The molecule has 0 atom stereocenters. The van der Waals surface area contributed by atoms with E-state index < -0.39 is 15.6 Å². The van der Waals surface area contributed by atoms with E-state index in [1.807, 2.05) is 18.0 Å². The molecule has 1 N–H and O–H groups in total. The SMILES string of the molecule is CN1CCN(c2nc(-c3ccc(S(=O)(=O)N4CCOCC4)cc3)c(C#N)c(=O)[nH]2)CC1. The molecule has 2 aliphatic rings. The molecule has 3 heterocycles. The number of nitrogens with one attached hydrogen (secondary N) is 1. The van der Waals surface area contributed by atoms with E-state index in [9.17, 15) is 18.5 Å². The predicted octanol–water partition coefficient (Wildman–Crippen LogP) is 0.0813. The molecule has 0 saturated carbocycles. The smallest absolute Gasteiger partial charge is 0.270 e. The Morgan fingerprint density at radius 2 is 1.71 bits per heavy atom. The van der Waals surface area contributed by atoms with Gasteiger partial charge in [0.25, 0.3) is 5.56 Å². The van der Waals surface area contributed by atoms with Crippen molar-refractivity contribution in [2.45, 2.75) is 4.90 Å². The van der Waals surface area contributed by atoms with E-state index in [0.717, 1.165) is 13.1 Å². The molecule has 2 aromatic rings. The lowest BCUT2D eigenvalue weighted by molar-refractivity contribution is 0.0730. The molecule has 2 saturated heterocycles. The summed E-state index contributed by atoms with van der Waals surface area (Å²) in [5.74, 6) is 0.414. The zero-order valence-electron chi connectivity index (χ0n) is 17.2. The monoisotopic (exact) mass is 444 g/mol. The van der Waals surface area contributed by atoms with Crippen molar-refractivity contribution in [3.8, 4) is 17.3 Å². The van der Waals surface area contributed by atoms with Gasteiger partial charge in [-0.25, -0.2) is 13.4 Å². The quantitative estimate of drug-likeness (QED) is 0.704. The average Bonchev–Trinajstić information content (AvgIpc) is 2.79. The van der Waals surface area contributed by atoms with Crippen LogP contribution in [0.5, 0.6) is 0 Å². The number of aromatic nitrogens is 2. The fraction of sp³-hybridized carbons (Fsp3) is 0.450. The number of aromatic amines is 1. The van der Waals surface area contributed by atoms with Gasteiger partial charge in [0, 0.05) is 44.8 Å². The standard InChI is InChI=1S/C20H24N6O4S/c1-24-6-8-25(9-7-24)20-22-18(17(14-21)19(27)23-20)15-2-4-16(5-3-15)31(28,29)26-10-12-30-13-11-26/h2-5H,6-13H2,1H3,(H,22,23,27). The lowest BCUT2D eigenvalue weighted by atomic mass is 10.1. The summed E-state index contributed by atoms with van der Waals surface area (Å²) < 4.78 is 32.3. The Bertz CT molecular complexity index is 1140. The number of nitrogens with zero attached hydrogens (tertiary/aromatic N) is 5. The van der Waals surface area contributed by atoms with Gasteiger partial charge < -0.3 is 14.5 Å². The summed E-state index contributed by atoms with van der Waals surface area (Å²) in [6.07, 6.45) is 0. The third kappa shape index (κ3) is 4.33. The van der Waals surface area contributed by atoms with Gasteiger partial charge in [0.2, 0.25) is 16.0 Å². The highest BCUT2D eigenvalue weighted by Crippen LogP contribution is 2.25. The minimum atomic E-state index is -3.63. The Morgan fingerprint density at radius 1 is 1.06 bits per heavy atom. The number of benzene rings is 1. The van der Waals surface area contributed by atoms with Gasteiger partial charge in [-0.15, -0.1) is 0 Å². The van der Waals surface area contributed by atoms with Gasteiger partial charge in [0.05, 0.1) is 23.8 Å². The Hall–Kier alpha value is -2.78. The van der Waals surface area contributed by atoms with Crippen molar-refractivity contribution >= 4 is 16.0 Å². The molecule has 0 aliphatic carbocycles. The number of likely N-dealkylation sites (N-methyl/N-ethyl adjacent to an activating group) is 1. The Labute approximate surface area is 180 Å². The lowest BCUT2D eigenvalue weighted by Gasteiger charge is -2.32. The van der Waals surface area contributed by atoms with Crippen LogP contribution in [-0.4, -0.2) is 87.1 Å². The first-order chi connectivity index (χ1) is 14.9. The molecule has 0 radical (unpaired) electrons. The molecule has 1 aromatic carbocycles. The first-order valence-electron chi connectivity index (χ1n) is 10.1.